The van der Waals surface area contributed by atoms with E-state index in [4.69, 9.17) is 9.47 Å². The maximum atomic E-state index is 12.0. The topological polar surface area (TPSA) is 35.5 Å². The van der Waals surface area contributed by atoms with Gasteiger partial charge in [-0.25, -0.2) is 0 Å². The highest BCUT2D eigenvalue weighted by molar-refractivity contribution is 5.86. The predicted octanol–water partition coefficient (Wildman–Crippen LogP) is 1.51. The van der Waals surface area contributed by atoms with Crippen molar-refractivity contribution in [1.29, 1.82) is 0 Å². The summed E-state index contributed by atoms with van der Waals surface area (Å²) in [4.78, 5) is 12.0. The van der Waals surface area contributed by atoms with Crippen LogP contribution in [0.1, 0.15) is 32.1 Å². The molecule has 1 heterocycles. The monoisotopic (exact) mass is 196 g/mol. The van der Waals surface area contributed by atoms with Crippen molar-refractivity contribution in [2.45, 2.75) is 37.9 Å². The Morgan fingerprint density at radius 3 is 2.71 bits per heavy atom. The predicted molar refractivity (Wildman–Crippen MR) is 49.7 cm³/mol. The Bertz CT molecular complexity index is 255. The van der Waals surface area contributed by atoms with E-state index in [2.05, 4.69) is 0 Å². The number of rotatable bonds is 0. The van der Waals surface area contributed by atoms with Gasteiger partial charge in [-0.15, -0.1) is 0 Å². The van der Waals surface area contributed by atoms with E-state index in [1.807, 2.05) is 0 Å². The highest BCUT2D eigenvalue weighted by atomic mass is 16.7. The largest absolute Gasteiger partial charge is 0.347 e. The molecule has 1 aliphatic heterocycles. The van der Waals surface area contributed by atoms with Gasteiger partial charge in [0.15, 0.2) is 5.79 Å². The van der Waals surface area contributed by atoms with Crippen LogP contribution in [-0.2, 0) is 14.3 Å². The van der Waals surface area contributed by atoms with Crippen LogP contribution in [0.2, 0.25) is 0 Å². The van der Waals surface area contributed by atoms with Crippen LogP contribution in [0.3, 0.4) is 0 Å². The zero-order valence-corrected chi connectivity index (χ0v) is 8.33. The summed E-state index contributed by atoms with van der Waals surface area (Å²) in [5, 5.41) is 0. The Kier molecular flexibility index (Phi) is 1.92. The van der Waals surface area contributed by atoms with E-state index in [0.717, 1.165) is 32.1 Å². The first-order valence-corrected chi connectivity index (χ1v) is 5.63. The van der Waals surface area contributed by atoms with E-state index in [1.54, 1.807) is 0 Å². The van der Waals surface area contributed by atoms with E-state index in [1.165, 1.54) is 0 Å². The normalized spacial score (nSPS) is 40.4. The molecule has 0 amide bonds. The van der Waals surface area contributed by atoms with Crippen molar-refractivity contribution in [2.24, 2.45) is 11.8 Å². The Balaban J connectivity index is 1.90. The third kappa shape index (κ3) is 1.09. The third-order valence-corrected chi connectivity index (χ3v) is 3.94. The van der Waals surface area contributed by atoms with Gasteiger partial charge in [0.05, 0.1) is 19.1 Å². The Morgan fingerprint density at radius 2 is 1.93 bits per heavy atom. The number of fused-ring (bicyclic) bond motifs is 3. The summed E-state index contributed by atoms with van der Waals surface area (Å²) < 4.78 is 11.4. The Hall–Kier alpha value is -0.410. The molecule has 2 atom stereocenters. The van der Waals surface area contributed by atoms with Crippen LogP contribution in [0, 0.1) is 11.8 Å². The van der Waals surface area contributed by atoms with Crippen LogP contribution >= 0.6 is 0 Å². The van der Waals surface area contributed by atoms with Crippen LogP contribution in [0.15, 0.2) is 0 Å². The standard InChI is InChI=1S/C11H16O3/c12-10-8-2-1-3-9(10)11(5-4-8)13-6-7-14-11/h8-9H,1-7H2. The molecule has 3 heteroatoms. The smallest absolute Gasteiger partial charge is 0.178 e. The lowest BCUT2D eigenvalue weighted by atomic mass is 9.68. The van der Waals surface area contributed by atoms with E-state index >= 15 is 0 Å². The van der Waals surface area contributed by atoms with Crippen molar-refractivity contribution in [1.82, 2.24) is 0 Å². The fourth-order valence-corrected chi connectivity index (χ4v) is 3.23. The molecule has 0 aromatic rings. The number of ketones is 1. The van der Waals surface area contributed by atoms with Crippen LogP contribution < -0.4 is 0 Å². The first-order valence-electron chi connectivity index (χ1n) is 5.63. The SMILES string of the molecule is O=C1C2CCCC1C1(CC2)OCCO1. The highest BCUT2D eigenvalue weighted by Crippen LogP contribution is 2.47. The molecule has 3 rings (SSSR count). The first kappa shape index (κ1) is 8.86. The van der Waals surface area contributed by atoms with E-state index in [9.17, 15) is 4.79 Å². The fourth-order valence-electron chi connectivity index (χ4n) is 3.23. The second kappa shape index (κ2) is 3.04. The molecule has 0 aromatic heterocycles. The Morgan fingerprint density at radius 1 is 1.14 bits per heavy atom. The highest BCUT2D eigenvalue weighted by Gasteiger charge is 2.53. The van der Waals surface area contributed by atoms with Crippen molar-refractivity contribution in [3.8, 4) is 0 Å². The van der Waals surface area contributed by atoms with Gasteiger partial charge >= 0.3 is 0 Å². The molecular formula is C11H16O3. The lowest BCUT2D eigenvalue weighted by Crippen LogP contribution is -2.51. The van der Waals surface area contributed by atoms with Crippen molar-refractivity contribution < 1.29 is 14.3 Å². The molecule has 2 aliphatic carbocycles. The summed E-state index contributed by atoms with van der Waals surface area (Å²) in [7, 11) is 0. The van der Waals surface area contributed by atoms with E-state index in [0.29, 0.717) is 24.9 Å². The summed E-state index contributed by atoms with van der Waals surface area (Å²) in [6, 6.07) is 0. The average molecular weight is 196 g/mol. The molecule has 3 aliphatic rings. The minimum Gasteiger partial charge on any atom is -0.347 e. The summed E-state index contributed by atoms with van der Waals surface area (Å²) in [5.74, 6) is 0.252. The van der Waals surface area contributed by atoms with E-state index < -0.39 is 5.79 Å². The number of hydrogen-bond donors (Lipinski definition) is 0. The zero-order chi connectivity index (χ0) is 9.60. The molecule has 2 bridgehead atoms. The van der Waals surface area contributed by atoms with Gasteiger partial charge < -0.3 is 9.47 Å². The molecule has 14 heavy (non-hydrogen) atoms. The van der Waals surface area contributed by atoms with Gasteiger partial charge in [-0.2, -0.15) is 0 Å². The molecule has 0 N–H and O–H groups in total. The Labute approximate surface area is 83.8 Å². The van der Waals surface area contributed by atoms with Gasteiger partial charge in [0.2, 0.25) is 0 Å². The van der Waals surface area contributed by atoms with Crippen molar-refractivity contribution >= 4 is 5.78 Å². The maximum absolute atomic E-state index is 12.0. The number of carbonyl (C=O) groups is 1. The molecule has 1 spiro atoms. The van der Waals surface area contributed by atoms with E-state index in [-0.39, 0.29) is 5.92 Å². The quantitative estimate of drug-likeness (QED) is 0.589. The lowest BCUT2D eigenvalue weighted by molar-refractivity contribution is -0.220. The molecule has 3 fully saturated rings. The van der Waals surface area contributed by atoms with Crippen molar-refractivity contribution in [2.75, 3.05) is 13.2 Å². The zero-order valence-electron chi connectivity index (χ0n) is 8.33. The minimum atomic E-state index is -0.506. The molecule has 1 saturated heterocycles. The van der Waals surface area contributed by atoms with Gasteiger partial charge in [-0.3, -0.25) is 4.79 Å². The summed E-state index contributed by atoms with van der Waals surface area (Å²) in [5.41, 5.74) is 0. The van der Waals surface area contributed by atoms with Gasteiger partial charge in [0.1, 0.15) is 5.78 Å². The van der Waals surface area contributed by atoms with Crippen LogP contribution in [-0.4, -0.2) is 24.8 Å². The molecule has 3 nitrogen and oxygen atoms in total. The van der Waals surface area contributed by atoms with Gasteiger partial charge in [0.25, 0.3) is 0 Å². The molecule has 0 radical (unpaired) electrons. The van der Waals surface area contributed by atoms with Crippen molar-refractivity contribution in [3.63, 3.8) is 0 Å². The molecule has 2 saturated carbocycles. The molecule has 78 valence electrons. The van der Waals surface area contributed by atoms with Crippen molar-refractivity contribution in [3.05, 3.63) is 0 Å². The summed E-state index contributed by atoms with van der Waals surface area (Å²) >= 11 is 0. The number of hydrogen-bond acceptors (Lipinski definition) is 3. The number of carbonyl (C=O) groups excluding carboxylic acids is 1. The fraction of sp³-hybridized carbons (Fsp3) is 0.909. The summed E-state index contributed by atoms with van der Waals surface area (Å²) in [6.45, 7) is 1.32. The van der Waals surface area contributed by atoms with Crippen LogP contribution in [0.4, 0.5) is 0 Å². The van der Waals surface area contributed by atoms with Gasteiger partial charge in [0, 0.05) is 12.3 Å². The summed E-state index contributed by atoms with van der Waals surface area (Å²) in [6.07, 6.45) is 5.11. The second-order valence-corrected chi connectivity index (χ2v) is 4.63. The van der Waals surface area contributed by atoms with Crippen LogP contribution in [0.5, 0.6) is 0 Å². The second-order valence-electron chi connectivity index (χ2n) is 4.63. The molecular weight excluding hydrogens is 180 g/mol. The molecule has 2 unspecified atom stereocenters. The first-order chi connectivity index (χ1) is 6.82. The van der Waals surface area contributed by atoms with Gasteiger partial charge in [-0.1, -0.05) is 6.42 Å². The maximum Gasteiger partial charge on any atom is 0.178 e. The number of ether oxygens (including phenoxy) is 2. The average Bonchev–Trinajstić information content (AvgIpc) is 2.62. The third-order valence-electron chi connectivity index (χ3n) is 3.94. The number of Topliss-reactive ketones (excluding diaryl/α,β-unsaturated/α-hetero) is 1. The molecule has 0 aromatic carbocycles. The van der Waals surface area contributed by atoms with Gasteiger partial charge in [-0.05, 0) is 19.3 Å². The minimum absolute atomic E-state index is 0.0394. The van der Waals surface area contributed by atoms with Crippen LogP contribution in [0.25, 0.3) is 0 Å². The lowest BCUT2D eigenvalue weighted by Gasteiger charge is -2.44.